The van der Waals surface area contributed by atoms with Crippen LogP contribution in [0.1, 0.15) is 43.4 Å². The van der Waals surface area contributed by atoms with Gasteiger partial charge in [0.15, 0.2) is 0 Å². The minimum absolute atomic E-state index is 0.336. The second kappa shape index (κ2) is 8.75. The highest BCUT2D eigenvalue weighted by Gasteiger charge is 2.34. The summed E-state index contributed by atoms with van der Waals surface area (Å²) in [5.74, 6) is 0.540. The molecule has 0 aliphatic heterocycles. The number of halogens is 3. The largest absolute Gasteiger partial charge is 0.417 e. The second-order valence-electron chi connectivity index (χ2n) is 6.15. The van der Waals surface area contributed by atoms with Gasteiger partial charge in [-0.1, -0.05) is 44.2 Å². The van der Waals surface area contributed by atoms with Gasteiger partial charge in [0.25, 0.3) is 0 Å². The average Bonchev–Trinajstić information content (AvgIpc) is 3.46. The molecule has 0 bridgehead atoms. The van der Waals surface area contributed by atoms with Crippen molar-refractivity contribution in [3.63, 3.8) is 0 Å². The molecule has 5 heteroatoms. The lowest BCUT2D eigenvalue weighted by atomic mass is 10.1. The van der Waals surface area contributed by atoms with Gasteiger partial charge in [-0.15, -0.1) is 0 Å². The zero-order valence-corrected chi connectivity index (χ0v) is 15.1. The molecule has 26 heavy (non-hydrogen) atoms. The number of alkyl halides is 3. The highest BCUT2D eigenvalue weighted by Crippen LogP contribution is 2.36. The van der Waals surface area contributed by atoms with Crippen LogP contribution in [0.5, 0.6) is 0 Å². The Morgan fingerprint density at radius 1 is 1.08 bits per heavy atom. The van der Waals surface area contributed by atoms with Crippen molar-refractivity contribution < 1.29 is 13.2 Å². The summed E-state index contributed by atoms with van der Waals surface area (Å²) in [5.41, 5.74) is 0.363. The average molecular weight is 360 g/mol. The van der Waals surface area contributed by atoms with E-state index in [1.165, 1.54) is 6.07 Å². The SMILES string of the molecule is CC.N#Cc1ccc(N(Cc2ccccc2)CC2CC2)cc1C(F)(F)F. The Morgan fingerprint density at radius 2 is 1.73 bits per heavy atom. The van der Waals surface area contributed by atoms with Crippen molar-refractivity contribution in [2.75, 3.05) is 11.4 Å². The highest BCUT2D eigenvalue weighted by atomic mass is 19.4. The zero-order chi connectivity index (χ0) is 19.2. The maximum atomic E-state index is 13.2. The summed E-state index contributed by atoms with van der Waals surface area (Å²) in [6, 6.07) is 15.3. The van der Waals surface area contributed by atoms with Crippen LogP contribution in [0, 0.1) is 17.2 Å². The molecule has 0 amide bonds. The van der Waals surface area contributed by atoms with E-state index in [1.807, 2.05) is 49.1 Å². The molecule has 0 saturated heterocycles. The fourth-order valence-corrected chi connectivity index (χ4v) is 2.74. The van der Waals surface area contributed by atoms with E-state index in [0.29, 0.717) is 18.2 Å². The van der Waals surface area contributed by atoms with Crippen LogP contribution in [0.3, 0.4) is 0 Å². The van der Waals surface area contributed by atoms with Crippen LogP contribution < -0.4 is 4.90 Å². The molecule has 0 unspecified atom stereocenters. The first-order valence-electron chi connectivity index (χ1n) is 8.87. The Kier molecular flexibility index (Phi) is 6.68. The number of hydrogen-bond donors (Lipinski definition) is 0. The molecule has 0 aromatic heterocycles. The van der Waals surface area contributed by atoms with E-state index in [-0.39, 0.29) is 5.56 Å². The molecule has 0 radical (unpaired) electrons. The second-order valence-corrected chi connectivity index (χ2v) is 6.15. The number of hydrogen-bond acceptors (Lipinski definition) is 2. The summed E-state index contributed by atoms with van der Waals surface area (Å²) in [6.07, 6.45) is -2.29. The molecule has 2 aromatic rings. The quantitative estimate of drug-likeness (QED) is 0.652. The fourth-order valence-electron chi connectivity index (χ4n) is 2.74. The fraction of sp³-hybridized carbons (Fsp3) is 0.381. The number of rotatable bonds is 5. The van der Waals surface area contributed by atoms with Gasteiger partial charge >= 0.3 is 6.18 Å². The van der Waals surface area contributed by atoms with Crippen molar-refractivity contribution in [3.8, 4) is 6.07 Å². The maximum absolute atomic E-state index is 13.2. The molecule has 138 valence electrons. The summed E-state index contributed by atoms with van der Waals surface area (Å²) in [4.78, 5) is 1.98. The smallest absolute Gasteiger partial charge is 0.367 e. The monoisotopic (exact) mass is 360 g/mol. The standard InChI is InChI=1S/C19H17F3N2.C2H6/c20-19(21,22)18-10-17(9-8-16(18)11-23)24(13-15-6-7-15)12-14-4-2-1-3-5-14;1-2/h1-5,8-10,15H,6-7,12-13H2;1-2H3. The Morgan fingerprint density at radius 3 is 2.27 bits per heavy atom. The molecule has 0 heterocycles. The maximum Gasteiger partial charge on any atom is 0.417 e. The van der Waals surface area contributed by atoms with Crippen LogP contribution >= 0.6 is 0 Å². The zero-order valence-electron chi connectivity index (χ0n) is 15.1. The minimum Gasteiger partial charge on any atom is -0.367 e. The van der Waals surface area contributed by atoms with Crippen molar-refractivity contribution in [2.24, 2.45) is 5.92 Å². The van der Waals surface area contributed by atoms with Crippen molar-refractivity contribution >= 4 is 5.69 Å². The Bertz CT molecular complexity index is 744. The normalized spacial score (nSPS) is 13.4. The van der Waals surface area contributed by atoms with Crippen LogP contribution in [0.4, 0.5) is 18.9 Å². The highest BCUT2D eigenvalue weighted by molar-refractivity contribution is 5.55. The van der Waals surface area contributed by atoms with Crippen LogP contribution in [0.2, 0.25) is 0 Å². The van der Waals surface area contributed by atoms with E-state index >= 15 is 0 Å². The van der Waals surface area contributed by atoms with Gasteiger partial charge in [0.1, 0.15) is 0 Å². The molecule has 1 fully saturated rings. The number of benzene rings is 2. The molecule has 0 atom stereocenters. The molecule has 2 aromatic carbocycles. The summed E-state index contributed by atoms with van der Waals surface area (Å²) >= 11 is 0. The molecule has 0 spiro atoms. The van der Waals surface area contributed by atoms with Crippen LogP contribution in [-0.2, 0) is 12.7 Å². The van der Waals surface area contributed by atoms with Gasteiger partial charge in [0.2, 0.25) is 0 Å². The summed E-state index contributed by atoms with van der Waals surface area (Å²) in [5, 5.41) is 8.94. The first kappa shape index (κ1) is 19.8. The van der Waals surface area contributed by atoms with Gasteiger partial charge < -0.3 is 4.90 Å². The first-order chi connectivity index (χ1) is 12.5. The van der Waals surface area contributed by atoms with E-state index in [9.17, 15) is 13.2 Å². The third-order valence-corrected chi connectivity index (χ3v) is 4.19. The lowest BCUT2D eigenvalue weighted by Gasteiger charge is -2.26. The van der Waals surface area contributed by atoms with Crippen molar-refractivity contribution in [2.45, 2.75) is 39.4 Å². The number of nitrogens with zero attached hydrogens (tertiary/aromatic N) is 2. The predicted octanol–water partition coefficient (Wildman–Crippen LogP) is 6.02. The van der Waals surface area contributed by atoms with Gasteiger partial charge in [-0.2, -0.15) is 18.4 Å². The lowest BCUT2D eigenvalue weighted by Crippen LogP contribution is -2.25. The van der Waals surface area contributed by atoms with Gasteiger partial charge in [-0.25, -0.2) is 0 Å². The third-order valence-electron chi connectivity index (χ3n) is 4.19. The molecule has 1 aliphatic rings. The summed E-state index contributed by atoms with van der Waals surface area (Å²) in [6.45, 7) is 5.29. The van der Waals surface area contributed by atoms with Crippen LogP contribution in [-0.4, -0.2) is 6.54 Å². The summed E-state index contributed by atoms with van der Waals surface area (Å²) < 4.78 is 39.6. The van der Waals surface area contributed by atoms with Gasteiger partial charge in [-0.05, 0) is 42.5 Å². The van der Waals surface area contributed by atoms with E-state index in [1.54, 1.807) is 12.1 Å². The molecule has 3 rings (SSSR count). The summed E-state index contributed by atoms with van der Waals surface area (Å²) in [7, 11) is 0. The van der Waals surface area contributed by atoms with Gasteiger partial charge in [-0.3, -0.25) is 0 Å². The topological polar surface area (TPSA) is 27.0 Å². The Labute approximate surface area is 152 Å². The van der Waals surface area contributed by atoms with Crippen molar-refractivity contribution in [1.29, 1.82) is 5.26 Å². The van der Waals surface area contributed by atoms with E-state index < -0.39 is 11.7 Å². The Balaban J connectivity index is 0.00000117. The molecule has 1 aliphatic carbocycles. The van der Waals surface area contributed by atoms with Crippen molar-refractivity contribution in [1.82, 2.24) is 0 Å². The van der Waals surface area contributed by atoms with E-state index in [4.69, 9.17) is 5.26 Å². The van der Waals surface area contributed by atoms with Crippen LogP contribution in [0.15, 0.2) is 48.5 Å². The predicted molar refractivity (Wildman–Crippen MR) is 97.7 cm³/mol. The van der Waals surface area contributed by atoms with Crippen molar-refractivity contribution in [3.05, 3.63) is 65.2 Å². The van der Waals surface area contributed by atoms with Gasteiger partial charge in [0, 0.05) is 18.8 Å². The molecule has 0 N–H and O–H groups in total. The van der Waals surface area contributed by atoms with Gasteiger partial charge in [0.05, 0.1) is 17.2 Å². The third kappa shape index (κ3) is 5.26. The molecule has 1 saturated carbocycles. The molecular formula is C21H23F3N2. The molecular weight excluding hydrogens is 337 g/mol. The lowest BCUT2D eigenvalue weighted by molar-refractivity contribution is -0.137. The first-order valence-corrected chi connectivity index (χ1v) is 8.87. The Hall–Kier alpha value is -2.48. The van der Waals surface area contributed by atoms with E-state index in [2.05, 4.69) is 0 Å². The van der Waals surface area contributed by atoms with Crippen LogP contribution in [0.25, 0.3) is 0 Å². The number of nitriles is 1. The minimum atomic E-state index is -4.53. The number of anilines is 1. The molecule has 2 nitrogen and oxygen atoms in total. The van der Waals surface area contributed by atoms with E-state index in [0.717, 1.165) is 31.0 Å².